The van der Waals surface area contributed by atoms with Crippen molar-refractivity contribution in [1.29, 1.82) is 0 Å². The molecule has 10 aromatic rings. The summed E-state index contributed by atoms with van der Waals surface area (Å²) in [6.45, 7) is 11.6. The highest BCUT2D eigenvalue weighted by Gasteiger charge is 2.57. The van der Waals surface area contributed by atoms with E-state index in [4.69, 9.17) is 4.42 Å². The predicted octanol–water partition coefficient (Wildman–Crippen LogP) is 14.6. The fraction of sp³-hybridized carbons (Fsp3) is 0.129. The first kappa shape index (κ1) is 36.7. The molecule has 0 amide bonds. The Kier molecular flexibility index (Phi) is 6.80. The highest BCUT2D eigenvalue weighted by Crippen LogP contribution is 2.65. The molecule has 66 heavy (non-hydrogen) atoms. The van der Waals surface area contributed by atoms with E-state index in [1.165, 1.54) is 106 Å². The standard InChI is InChI=1S/C62H45BN2O/c1-60(2,3)36-29-31-37(32-30-36)65-56-43(34-33-42-40-19-6-10-21-46(40)61(4,5)54(42)56)44-35-45-41-20-9-15-28-53(41)66-59(45)58-55(44)63(65)51-26-16-25-50-57(51)64(58)52-27-14-13-24-49(52)62(50)47-22-11-7-17-38(47)39-18-8-12-23-48(39)62/h6-35H,1-5H3. The van der Waals surface area contributed by atoms with E-state index in [-0.39, 0.29) is 17.7 Å². The Balaban J connectivity index is 1.15. The zero-order chi connectivity index (χ0) is 44.0. The van der Waals surface area contributed by atoms with Gasteiger partial charge in [-0.15, -0.1) is 0 Å². The van der Waals surface area contributed by atoms with Gasteiger partial charge in [-0.25, -0.2) is 0 Å². The van der Waals surface area contributed by atoms with Gasteiger partial charge < -0.3 is 14.1 Å². The van der Waals surface area contributed by atoms with Crippen molar-refractivity contribution in [3.63, 3.8) is 0 Å². The van der Waals surface area contributed by atoms with Crippen LogP contribution < -0.4 is 20.6 Å². The average Bonchev–Trinajstić information content (AvgIpc) is 3.94. The Morgan fingerprint density at radius 3 is 1.82 bits per heavy atom. The number of nitrogens with zero attached hydrogens (tertiary/aromatic N) is 2. The van der Waals surface area contributed by atoms with E-state index in [2.05, 4.69) is 226 Å². The molecule has 0 radical (unpaired) electrons. The van der Waals surface area contributed by atoms with Crippen LogP contribution in [0.5, 0.6) is 0 Å². The zero-order valence-corrected chi connectivity index (χ0v) is 37.7. The van der Waals surface area contributed by atoms with Crippen molar-refractivity contribution in [2.45, 2.75) is 50.9 Å². The zero-order valence-electron chi connectivity index (χ0n) is 37.7. The van der Waals surface area contributed by atoms with Crippen LogP contribution in [0.4, 0.5) is 28.4 Å². The summed E-state index contributed by atoms with van der Waals surface area (Å²) < 4.78 is 7.25. The van der Waals surface area contributed by atoms with Crippen LogP contribution in [0.1, 0.15) is 73.6 Å². The summed E-state index contributed by atoms with van der Waals surface area (Å²) in [6.07, 6.45) is 0. The largest absolute Gasteiger partial charge is 0.454 e. The second kappa shape index (κ2) is 12.2. The van der Waals surface area contributed by atoms with Gasteiger partial charge in [-0.1, -0.05) is 186 Å². The molecular weight excluding hydrogens is 800 g/mol. The third kappa shape index (κ3) is 4.23. The summed E-state index contributed by atoms with van der Waals surface area (Å²) in [5.74, 6) is 0. The first-order chi connectivity index (χ1) is 32.2. The summed E-state index contributed by atoms with van der Waals surface area (Å²) in [4.78, 5) is 5.36. The van der Waals surface area contributed by atoms with Crippen LogP contribution >= 0.6 is 0 Å². The van der Waals surface area contributed by atoms with Gasteiger partial charge in [-0.05, 0) is 113 Å². The topological polar surface area (TPSA) is 19.6 Å². The molecule has 312 valence electrons. The lowest BCUT2D eigenvalue weighted by molar-refractivity contribution is 0.590. The maximum absolute atomic E-state index is 7.25. The molecule has 1 aromatic heterocycles. The van der Waals surface area contributed by atoms with Crippen molar-refractivity contribution >= 4 is 68.1 Å². The molecule has 0 N–H and O–H groups in total. The molecule has 2 aliphatic carbocycles. The van der Waals surface area contributed by atoms with Gasteiger partial charge in [-0.2, -0.15) is 0 Å². The van der Waals surface area contributed by atoms with Crippen molar-refractivity contribution < 1.29 is 4.42 Å². The lowest BCUT2D eigenvalue weighted by Crippen LogP contribution is -2.63. The van der Waals surface area contributed by atoms with Crippen LogP contribution in [0, 0.1) is 0 Å². The van der Waals surface area contributed by atoms with Crippen molar-refractivity contribution in [2.24, 2.45) is 0 Å². The molecule has 4 heterocycles. The highest BCUT2D eigenvalue weighted by molar-refractivity contribution is 6.94. The second-order valence-corrected chi connectivity index (χ2v) is 20.7. The van der Waals surface area contributed by atoms with Crippen LogP contribution in [-0.2, 0) is 16.2 Å². The van der Waals surface area contributed by atoms with E-state index < -0.39 is 5.41 Å². The Morgan fingerprint density at radius 2 is 1.09 bits per heavy atom. The van der Waals surface area contributed by atoms with Crippen molar-refractivity contribution in [3.05, 3.63) is 221 Å². The predicted molar refractivity (Wildman–Crippen MR) is 275 cm³/mol. The van der Waals surface area contributed by atoms with Crippen LogP contribution in [-0.4, -0.2) is 6.85 Å². The minimum absolute atomic E-state index is 0.00923. The molecule has 15 rings (SSSR count). The number of hydrogen-bond donors (Lipinski definition) is 0. The summed E-state index contributed by atoms with van der Waals surface area (Å²) in [5, 5.41) is 2.28. The number of furan rings is 1. The van der Waals surface area contributed by atoms with Crippen LogP contribution in [0.2, 0.25) is 0 Å². The van der Waals surface area contributed by atoms with Gasteiger partial charge in [0.25, 0.3) is 0 Å². The van der Waals surface area contributed by atoms with Crippen molar-refractivity contribution in [3.8, 4) is 33.4 Å². The normalized spacial score (nSPS) is 15.8. The first-order valence-electron chi connectivity index (χ1n) is 23.6. The third-order valence-electron chi connectivity index (χ3n) is 16.2. The van der Waals surface area contributed by atoms with E-state index in [9.17, 15) is 0 Å². The van der Waals surface area contributed by atoms with E-state index in [1.807, 2.05) is 0 Å². The summed E-state index contributed by atoms with van der Waals surface area (Å²) in [6, 6.07) is 69.3. The molecule has 5 aliphatic rings. The maximum Gasteiger partial charge on any atom is 0.333 e. The molecule has 9 aromatic carbocycles. The molecule has 0 saturated carbocycles. The average molecular weight is 845 g/mol. The molecule has 0 bridgehead atoms. The number of anilines is 5. The quantitative estimate of drug-likeness (QED) is 0.154. The van der Waals surface area contributed by atoms with Gasteiger partial charge in [-0.3, -0.25) is 0 Å². The van der Waals surface area contributed by atoms with Gasteiger partial charge >= 0.3 is 6.85 Å². The van der Waals surface area contributed by atoms with Gasteiger partial charge in [0.15, 0.2) is 5.58 Å². The first-order valence-corrected chi connectivity index (χ1v) is 23.6. The van der Waals surface area contributed by atoms with E-state index in [1.54, 1.807) is 0 Å². The van der Waals surface area contributed by atoms with Crippen LogP contribution in [0.3, 0.4) is 0 Å². The number of hydrogen-bond acceptors (Lipinski definition) is 3. The van der Waals surface area contributed by atoms with Crippen LogP contribution in [0.15, 0.2) is 186 Å². The fourth-order valence-electron chi connectivity index (χ4n) is 13.5. The van der Waals surface area contributed by atoms with Crippen LogP contribution in [0.25, 0.3) is 55.3 Å². The number of para-hydroxylation sites is 3. The smallest absolute Gasteiger partial charge is 0.333 e. The lowest BCUT2D eigenvalue weighted by Gasteiger charge is -2.51. The molecule has 3 nitrogen and oxygen atoms in total. The molecule has 0 fully saturated rings. The Hall–Kier alpha value is -7.56. The van der Waals surface area contributed by atoms with Gasteiger partial charge in [0.05, 0.1) is 16.8 Å². The minimum atomic E-state index is -0.551. The minimum Gasteiger partial charge on any atom is -0.454 e. The fourth-order valence-corrected chi connectivity index (χ4v) is 13.5. The molecular formula is C62H45BN2O. The highest BCUT2D eigenvalue weighted by atomic mass is 16.3. The van der Waals surface area contributed by atoms with Gasteiger partial charge in [0.2, 0.25) is 0 Å². The Labute approximate surface area is 385 Å². The second-order valence-electron chi connectivity index (χ2n) is 20.7. The third-order valence-corrected chi connectivity index (χ3v) is 16.2. The molecule has 0 saturated heterocycles. The maximum atomic E-state index is 7.25. The molecule has 0 unspecified atom stereocenters. The molecule has 3 aliphatic heterocycles. The lowest BCUT2D eigenvalue weighted by atomic mass is 9.42. The van der Waals surface area contributed by atoms with Crippen molar-refractivity contribution in [1.82, 2.24) is 0 Å². The van der Waals surface area contributed by atoms with Crippen molar-refractivity contribution in [2.75, 3.05) is 9.71 Å². The van der Waals surface area contributed by atoms with E-state index in [0.29, 0.717) is 0 Å². The number of fused-ring (bicyclic) bond motifs is 21. The van der Waals surface area contributed by atoms with E-state index in [0.717, 1.165) is 27.6 Å². The Morgan fingerprint density at radius 1 is 0.485 bits per heavy atom. The summed E-state index contributed by atoms with van der Waals surface area (Å²) >= 11 is 0. The van der Waals surface area contributed by atoms with Gasteiger partial charge in [0.1, 0.15) is 5.58 Å². The SMILES string of the molecule is CC(C)(C)c1ccc(N2B3c4cccc5c4N(c4ccccc4C54c5ccccc5-c5ccccc54)c4c3c(cc3c4oc4ccccc43)-c3ccc4c(c32)C(C)(C)c2ccccc2-4)cc1. The molecule has 4 heteroatoms. The number of benzene rings is 9. The summed E-state index contributed by atoms with van der Waals surface area (Å²) in [5.41, 5.74) is 26.8. The van der Waals surface area contributed by atoms with Gasteiger partial charge in [0, 0.05) is 38.8 Å². The monoisotopic (exact) mass is 844 g/mol. The van der Waals surface area contributed by atoms with E-state index >= 15 is 0 Å². The number of rotatable bonds is 1. The molecule has 0 atom stereocenters. The molecule has 1 spiro atoms. The summed E-state index contributed by atoms with van der Waals surface area (Å²) in [7, 11) is 0. The Bertz CT molecular complexity index is 3760.